The predicted molar refractivity (Wildman–Crippen MR) is 101 cm³/mol. The molecule has 0 atom stereocenters. The number of quaternary nitrogens is 1. The molecule has 0 radical (unpaired) electrons. The summed E-state index contributed by atoms with van der Waals surface area (Å²) in [6.45, 7) is 3.60. The molecule has 152 valence electrons. The second-order valence-electron chi connectivity index (χ2n) is 7.22. The SMILES string of the molecule is CC(=O)[O-].CCCCCCCCCCCCCC([NH3+])(CCO)CCO. The Hall–Kier alpha value is -0.650. The molecule has 0 aliphatic heterocycles. The molecular formula is C20H43NO4. The quantitative estimate of drug-likeness (QED) is 0.366. The van der Waals surface area contributed by atoms with Crippen LogP contribution in [0.5, 0.6) is 0 Å². The Labute approximate surface area is 155 Å². The van der Waals surface area contributed by atoms with Gasteiger partial charge in [0.25, 0.3) is 0 Å². The summed E-state index contributed by atoms with van der Waals surface area (Å²) < 4.78 is 0. The van der Waals surface area contributed by atoms with E-state index < -0.39 is 5.97 Å². The third-order valence-corrected chi connectivity index (χ3v) is 4.59. The molecule has 0 saturated heterocycles. The minimum atomic E-state index is -1.08. The van der Waals surface area contributed by atoms with E-state index in [1.54, 1.807) is 0 Å². The monoisotopic (exact) mass is 361 g/mol. The van der Waals surface area contributed by atoms with Crippen molar-refractivity contribution in [2.75, 3.05) is 13.2 Å². The van der Waals surface area contributed by atoms with E-state index in [9.17, 15) is 0 Å². The number of hydrogen-bond donors (Lipinski definition) is 3. The summed E-state index contributed by atoms with van der Waals surface area (Å²) in [5.74, 6) is -1.08. The molecule has 5 heteroatoms. The lowest BCUT2D eigenvalue weighted by Crippen LogP contribution is -2.73. The largest absolute Gasteiger partial charge is 0.550 e. The first-order chi connectivity index (χ1) is 11.9. The number of hydrogen-bond acceptors (Lipinski definition) is 4. The minimum absolute atomic E-state index is 0.108. The van der Waals surface area contributed by atoms with Crippen molar-refractivity contribution in [3.05, 3.63) is 0 Å². The van der Waals surface area contributed by atoms with Gasteiger partial charge in [0.1, 0.15) is 0 Å². The third kappa shape index (κ3) is 23.4. The Morgan fingerprint density at radius 3 is 1.44 bits per heavy atom. The van der Waals surface area contributed by atoms with Gasteiger partial charge in [0.05, 0.1) is 5.54 Å². The molecule has 0 heterocycles. The lowest BCUT2D eigenvalue weighted by molar-refractivity contribution is -0.485. The van der Waals surface area contributed by atoms with Crippen LogP contribution in [0, 0.1) is 0 Å². The number of carboxylic acid groups (broad SMARTS) is 1. The van der Waals surface area contributed by atoms with Crippen LogP contribution in [0.1, 0.15) is 104 Å². The Morgan fingerprint density at radius 2 is 1.12 bits per heavy atom. The molecule has 5 N–H and O–H groups in total. The first-order valence-corrected chi connectivity index (χ1v) is 10.2. The number of carbonyl (C=O) groups excluding carboxylic acids is 1. The number of rotatable bonds is 16. The van der Waals surface area contributed by atoms with Gasteiger partial charge < -0.3 is 25.8 Å². The molecule has 0 fully saturated rings. The maximum Gasteiger partial charge on any atom is 0.0990 e. The molecule has 0 aromatic carbocycles. The Bertz CT molecular complexity index is 275. The third-order valence-electron chi connectivity index (χ3n) is 4.59. The molecule has 0 aromatic rings. The zero-order chi connectivity index (χ0) is 19.4. The van der Waals surface area contributed by atoms with Crippen molar-refractivity contribution >= 4 is 5.97 Å². The van der Waals surface area contributed by atoms with E-state index in [0.29, 0.717) is 12.8 Å². The van der Waals surface area contributed by atoms with Crippen LogP contribution in [0.15, 0.2) is 0 Å². The van der Waals surface area contributed by atoms with Gasteiger partial charge in [-0.1, -0.05) is 71.1 Å². The van der Waals surface area contributed by atoms with Gasteiger partial charge in [-0.05, 0) is 13.3 Å². The van der Waals surface area contributed by atoms with Gasteiger partial charge in [-0.2, -0.15) is 0 Å². The van der Waals surface area contributed by atoms with Crippen molar-refractivity contribution in [3.63, 3.8) is 0 Å². The van der Waals surface area contributed by atoms with Crippen LogP contribution in [-0.4, -0.2) is 34.9 Å². The fourth-order valence-corrected chi connectivity index (χ4v) is 3.01. The molecule has 25 heavy (non-hydrogen) atoms. The van der Waals surface area contributed by atoms with Crippen molar-refractivity contribution in [1.82, 2.24) is 0 Å². The second-order valence-corrected chi connectivity index (χ2v) is 7.22. The number of carboxylic acids is 1. The van der Waals surface area contributed by atoms with Crippen LogP contribution in [0.3, 0.4) is 0 Å². The molecule has 0 rings (SSSR count). The molecule has 0 aliphatic carbocycles. The van der Waals surface area contributed by atoms with Crippen LogP contribution < -0.4 is 10.8 Å². The second kappa shape index (κ2) is 19.7. The highest BCUT2D eigenvalue weighted by atomic mass is 16.4. The van der Waals surface area contributed by atoms with Crippen LogP contribution in [0.2, 0.25) is 0 Å². The number of aliphatic carboxylic acids is 1. The summed E-state index contributed by atoms with van der Waals surface area (Å²) in [7, 11) is 0. The van der Waals surface area contributed by atoms with Crippen molar-refractivity contribution in [1.29, 1.82) is 0 Å². The summed E-state index contributed by atoms with van der Waals surface area (Å²) in [5, 5.41) is 27.1. The van der Waals surface area contributed by atoms with Gasteiger partial charge in [-0.3, -0.25) is 0 Å². The lowest BCUT2D eigenvalue weighted by Gasteiger charge is -2.24. The van der Waals surface area contributed by atoms with Gasteiger partial charge in [0.2, 0.25) is 0 Å². The molecule has 0 bridgehead atoms. The van der Waals surface area contributed by atoms with E-state index in [-0.39, 0.29) is 18.8 Å². The molecule has 0 spiro atoms. The van der Waals surface area contributed by atoms with E-state index in [1.165, 1.54) is 70.6 Å². The van der Waals surface area contributed by atoms with Crippen LogP contribution in [-0.2, 0) is 4.79 Å². The first-order valence-electron chi connectivity index (χ1n) is 10.2. The Balaban J connectivity index is 0. The summed E-state index contributed by atoms with van der Waals surface area (Å²) in [6.07, 6.45) is 17.3. The normalized spacial score (nSPS) is 11.1. The van der Waals surface area contributed by atoms with Gasteiger partial charge >= 0.3 is 0 Å². The summed E-state index contributed by atoms with van der Waals surface area (Å²) >= 11 is 0. The topological polar surface area (TPSA) is 108 Å². The predicted octanol–water partition coefficient (Wildman–Crippen LogP) is 2.19. The number of aliphatic hydroxyl groups is 2. The number of carbonyl (C=O) groups is 1. The molecule has 5 nitrogen and oxygen atoms in total. The minimum Gasteiger partial charge on any atom is -0.550 e. The highest BCUT2D eigenvalue weighted by molar-refractivity contribution is 5.60. The molecule has 0 saturated carbocycles. The zero-order valence-electron chi connectivity index (χ0n) is 16.7. The summed E-state index contributed by atoms with van der Waals surface area (Å²) in [5.41, 5.74) is 4.10. The van der Waals surface area contributed by atoms with Crippen LogP contribution >= 0.6 is 0 Å². The van der Waals surface area contributed by atoms with Crippen LogP contribution in [0.4, 0.5) is 0 Å². The molecule has 0 aliphatic rings. The highest BCUT2D eigenvalue weighted by Crippen LogP contribution is 2.19. The van der Waals surface area contributed by atoms with Gasteiger partial charge in [0.15, 0.2) is 0 Å². The molecule has 0 aromatic heterocycles. The molecule has 0 amide bonds. The number of unbranched alkanes of at least 4 members (excludes halogenated alkanes) is 10. The zero-order valence-corrected chi connectivity index (χ0v) is 16.7. The number of aliphatic hydroxyl groups excluding tert-OH is 2. The smallest absolute Gasteiger partial charge is 0.0990 e. The first kappa shape index (κ1) is 26.6. The molecule has 0 unspecified atom stereocenters. The summed E-state index contributed by atoms with van der Waals surface area (Å²) in [6, 6.07) is 0. The van der Waals surface area contributed by atoms with E-state index in [2.05, 4.69) is 12.7 Å². The fourth-order valence-electron chi connectivity index (χ4n) is 3.01. The van der Waals surface area contributed by atoms with Gasteiger partial charge in [-0.15, -0.1) is 0 Å². The average molecular weight is 362 g/mol. The van der Waals surface area contributed by atoms with Gasteiger partial charge in [-0.25, -0.2) is 0 Å². The van der Waals surface area contributed by atoms with E-state index in [0.717, 1.165) is 13.3 Å². The van der Waals surface area contributed by atoms with E-state index in [1.807, 2.05) is 0 Å². The van der Waals surface area contributed by atoms with Crippen molar-refractivity contribution in [3.8, 4) is 0 Å². The highest BCUT2D eigenvalue weighted by Gasteiger charge is 2.27. The van der Waals surface area contributed by atoms with Crippen molar-refractivity contribution in [2.45, 2.75) is 109 Å². The lowest BCUT2D eigenvalue weighted by atomic mass is 9.87. The Kier molecular flexibility index (Phi) is 20.9. The maximum absolute atomic E-state index is 9.08. The van der Waals surface area contributed by atoms with E-state index in [4.69, 9.17) is 20.1 Å². The van der Waals surface area contributed by atoms with E-state index >= 15 is 0 Å². The van der Waals surface area contributed by atoms with Crippen molar-refractivity contribution in [2.24, 2.45) is 0 Å². The van der Waals surface area contributed by atoms with Crippen molar-refractivity contribution < 1.29 is 25.8 Å². The fraction of sp³-hybridized carbons (Fsp3) is 0.950. The summed E-state index contributed by atoms with van der Waals surface area (Å²) in [4.78, 5) is 8.89. The van der Waals surface area contributed by atoms with Crippen LogP contribution in [0.25, 0.3) is 0 Å². The Morgan fingerprint density at radius 1 is 0.800 bits per heavy atom. The standard InChI is InChI=1S/C18H39NO2.C2H4O2/c1-2-3-4-5-6-7-8-9-10-11-12-13-18(19,14-16-20)15-17-21;1-2(3)4/h20-21H,2-17,19H2,1H3;1H3,(H,3,4). The van der Waals surface area contributed by atoms with Gasteiger partial charge in [0, 0.05) is 38.4 Å². The average Bonchev–Trinajstić information content (AvgIpc) is 2.52. The molecular weight excluding hydrogens is 318 g/mol. The maximum atomic E-state index is 9.08.